The topological polar surface area (TPSA) is 0 Å². The van der Waals surface area contributed by atoms with Crippen LogP contribution in [0.3, 0.4) is 0 Å². The van der Waals surface area contributed by atoms with Gasteiger partial charge in [-0.25, -0.2) is 0 Å². The highest BCUT2D eigenvalue weighted by atomic mass is 14.2. The van der Waals surface area contributed by atoms with Crippen molar-refractivity contribution in [2.45, 2.75) is 0 Å². The van der Waals surface area contributed by atoms with Crippen LogP contribution in [0.2, 0.25) is 0 Å². The third-order valence-electron chi connectivity index (χ3n) is 8.57. The Morgan fingerprint density at radius 3 is 1.46 bits per heavy atom. The maximum atomic E-state index is 9.25. The maximum Gasteiger partial charge on any atom is 0.0629 e. The van der Waals surface area contributed by atoms with Crippen LogP contribution < -0.4 is 0 Å². The van der Waals surface area contributed by atoms with Crippen molar-refractivity contribution in [3.8, 4) is 44.5 Å². The van der Waals surface area contributed by atoms with Crippen molar-refractivity contribution < 1.29 is 17.8 Å². The van der Waals surface area contributed by atoms with Crippen molar-refractivity contribution in [1.29, 1.82) is 0 Å². The van der Waals surface area contributed by atoms with Gasteiger partial charge in [0.05, 0.1) is 17.8 Å². The predicted molar refractivity (Wildman–Crippen MR) is 198 cm³/mol. The van der Waals surface area contributed by atoms with Crippen molar-refractivity contribution in [3.63, 3.8) is 0 Å². The molecular formula is C46H30. The molecule has 0 aliphatic rings. The van der Waals surface area contributed by atoms with Gasteiger partial charge in [-0.2, -0.15) is 0 Å². The predicted octanol–water partition coefficient (Wildman–Crippen LogP) is 13.0. The van der Waals surface area contributed by atoms with E-state index in [2.05, 4.69) is 42.5 Å². The van der Waals surface area contributed by atoms with E-state index in [1.807, 2.05) is 48.5 Å². The summed E-state index contributed by atoms with van der Waals surface area (Å²) < 4.78 is 115. The zero-order valence-electron chi connectivity index (χ0n) is 37.3. The summed E-state index contributed by atoms with van der Waals surface area (Å²) >= 11 is 0. The highest BCUT2D eigenvalue weighted by Crippen LogP contribution is 2.44. The molecule has 0 saturated carbocycles. The first-order valence-corrected chi connectivity index (χ1v) is 14.9. The Morgan fingerprint density at radius 1 is 0.304 bits per heavy atom. The number of fused-ring (bicyclic) bond motifs is 4. The lowest BCUT2D eigenvalue weighted by Gasteiger charge is -2.18. The zero-order chi connectivity index (χ0) is 41.8. The van der Waals surface area contributed by atoms with E-state index in [0.29, 0.717) is 5.56 Å². The van der Waals surface area contributed by atoms with Crippen LogP contribution in [-0.4, -0.2) is 0 Å². The van der Waals surface area contributed by atoms with Crippen LogP contribution in [0.1, 0.15) is 17.8 Å². The van der Waals surface area contributed by atoms with E-state index in [9.17, 15) is 5.48 Å². The molecule has 0 saturated heterocycles. The molecule has 0 amide bonds. The fraction of sp³-hybridized carbons (Fsp3) is 0. The molecule has 0 bridgehead atoms. The first-order chi connectivity index (χ1) is 28.2. The first kappa shape index (κ1) is 16.4. The Kier molecular flexibility index (Phi) is 3.87. The van der Waals surface area contributed by atoms with Crippen molar-refractivity contribution >= 4 is 43.1 Å². The minimum Gasteiger partial charge on any atom is -0.0622 e. The first-order valence-electron chi connectivity index (χ1n) is 21.4. The van der Waals surface area contributed by atoms with Crippen LogP contribution >= 0.6 is 0 Å². The number of hydrogen-bond acceptors (Lipinski definition) is 0. The van der Waals surface area contributed by atoms with Crippen LogP contribution in [0.15, 0.2) is 182 Å². The second-order valence-corrected chi connectivity index (χ2v) is 11.1. The van der Waals surface area contributed by atoms with Gasteiger partial charge in [-0.3, -0.25) is 0 Å². The lowest BCUT2D eigenvalue weighted by molar-refractivity contribution is 1.62. The van der Waals surface area contributed by atoms with E-state index < -0.39 is 84.1 Å². The largest absolute Gasteiger partial charge is 0.0629 e. The van der Waals surface area contributed by atoms with Gasteiger partial charge < -0.3 is 0 Å². The fourth-order valence-corrected chi connectivity index (χ4v) is 6.54. The monoisotopic (exact) mass is 595 g/mol. The fourth-order valence-electron chi connectivity index (χ4n) is 6.54. The van der Waals surface area contributed by atoms with Crippen LogP contribution in [0.25, 0.3) is 87.6 Å². The lowest BCUT2D eigenvalue weighted by Crippen LogP contribution is -1.91. The number of benzene rings is 9. The van der Waals surface area contributed by atoms with Gasteiger partial charge in [0.1, 0.15) is 0 Å². The molecular weight excluding hydrogens is 553 g/mol. The SMILES string of the molecule is [2H]c1c([2H])c([2H])c(-c2c3c([2H])c([2H])c([2H])c([2H])c3c(-c3ccc(-c4cc(-c5cccc6ccccc56)cc5ccccc45)cc3)c3c([2H])c([2H])c([2H])c([2H])c23)c([2H])c1[2H]. The zero-order valence-corrected chi connectivity index (χ0v) is 24.3. The third kappa shape index (κ3) is 4.30. The van der Waals surface area contributed by atoms with E-state index >= 15 is 0 Å². The molecule has 0 radical (unpaired) electrons. The molecule has 0 spiro atoms. The Balaban J connectivity index is 1.38. The molecule has 0 fully saturated rings. The Bertz CT molecular complexity index is 3190. The second kappa shape index (κ2) is 10.9. The van der Waals surface area contributed by atoms with Crippen molar-refractivity contribution in [1.82, 2.24) is 0 Å². The van der Waals surface area contributed by atoms with Crippen molar-refractivity contribution in [3.05, 3.63) is 182 Å². The average molecular weight is 596 g/mol. The summed E-state index contributed by atoms with van der Waals surface area (Å²) in [4.78, 5) is 0. The molecule has 0 unspecified atom stereocenters. The molecule has 0 aliphatic carbocycles. The molecule has 0 N–H and O–H groups in total. The molecule has 0 heteroatoms. The molecule has 46 heavy (non-hydrogen) atoms. The van der Waals surface area contributed by atoms with Gasteiger partial charge in [0.2, 0.25) is 0 Å². The minimum absolute atomic E-state index is 0.0889. The van der Waals surface area contributed by atoms with Gasteiger partial charge in [0.25, 0.3) is 0 Å². The van der Waals surface area contributed by atoms with Gasteiger partial charge in [-0.05, 0) is 99.7 Å². The number of hydrogen-bond donors (Lipinski definition) is 0. The maximum absolute atomic E-state index is 9.25. The minimum atomic E-state index is -0.708. The van der Waals surface area contributed by atoms with Crippen LogP contribution in [0, 0.1) is 0 Å². The van der Waals surface area contributed by atoms with Gasteiger partial charge in [0, 0.05) is 0 Å². The summed E-state index contributed by atoms with van der Waals surface area (Å²) in [7, 11) is 0. The molecule has 0 aliphatic heterocycles. The summed E-state index contributed by atoms with van der Waals surface area (Å²) in [6, 6.07) is 25.7. The summed E-state index contributed by atoms with van der Waals surface area (Å²) in [6.07, 6.45) is 0. The molecule has 0 nitrogen and oxygen atoms in total. The highest BCUT2D eigenvalue weighted by Gasteiger charge is 2.17. The quantitative estimate of drug-likeness (QED) is 0.178. The summed E-state index contributed by atoms with van der Waals surface area (Å²) in [5.41, 5.74) is 3.53. The van der Waals surface area contributed by atoms with Crippen LogP contribution in [0.5, 0.6) is 0 Å². The molecule has 214 valence electrons. The molecule has 9 rings (SSSR count). The van der Waals surface area contributed by atoms with Gasteiger partial charge in [-0.15, -0.1) is 0 Å². The highest BCUT2D eigenvalue weighted by molar-refractivity contribution is 6.21. The van der Waals surface area contributed by atoms with Crippen LogP contribution in [-0.2, 0) is 0 Å². The standard InChI is InChI=1S/C46H30/c1-2-14-33(15-3-1)45-40-20-8-10-22-42(40)46(43-23-11-9-21-41(43)45)34-27-25-32(26-28-34)44-30-36(29-35-16-5-7-19-38(35)44)39-24-12-17-31-13-4-6-18-37(31)39/h1-30H/i1D,2D,3D,8D,9D,10D,11D,14D,15D,20D,21D,22D,23D. The second-order valence-electron chi connectivity index (χ2n) is 11.1. The van der Waals surface area contributed by atoms with E-state index in [1.165, 1.54) is 0 Å². The van der Waals surface area contributed by atoms with Gasteiger partial charge in [-0.1, -0.05) is 170 Å². The van der Waals surface area contributed by atoms with Crippen LogP contribution in [0.4, 0.5) is 0 Å². The number of rotatable bonds is 4. The summed E-state index contributed by atoms with van der Waals surface area (Å²) in [5, 5.41) is 3.51. The molecule has 9 aromatic carbocycles. The van der Waals surface area contributed by atoms with Gasteiger partial charge >= 0.3 is 0 Å². The van der Waals surface area contributed by atoms with Crippen molar-refractivity contribution in [2.24, 2.45) is 0 Å². The normalized spacial score (nSPS) is 15.4. The summed E-state index contributed by atoms with van der Waals surface area (Å²) in [6.45, 7) is 0. The van der Waals surface area contributed by atoms with Crippen molar-refractivity contribution in [2.75, 3.05) is 0 Å². The van der Waals surface area contributed by atoms with E-state index in [1.54, 1.807) is 12.1 Å². The van der Waals surface area contributed by atoms with E-state index in [4.69, 9.17) is 12.3 Å². The Hall–Kier alpha value is -5.98. The molecule has 0 atom stereocenters. The molecule has 0 heterocycles. The Morgan fingerprint density at radius 2 is 0.804 bits per heavy atom. The summed E-state index contributed by atoms with van der Waals surface area (Å²) in [5.74, 6) is 0. The Labute approximate surface area is 287 Å². The molecule has 0 aromatic heterocycles. The lowest BCUT2D eigenvalue weighted by atomic mass is 9.85. The third-order valence-corrected chi connectivity index (χ3v) is 8.57. The smallest absolute Gasteiger partial charge is 0.0622 e. The molecule has 9 aromatic rings. The van der Waals surface area contributed by atoms with E-state index in [0.717, 1.165) is 43.8 Å². The average Bonchev–Trinajstić information content (AvgIpc) is 3.26. The van der Waals surface area contributed by atoms with Gasteiger partial charge in [0.15, 0.2) is 0 Å². The van der Waals surface area contributed by atoms with E-state index in [-0.39, 0.29) is 32.7 Å².